The topological polar surface area (TPSA) is 133 Å². The summed E-state index contributed by atoms with van der Waals surface area (Å²) in [5, 5.41) is 18.2. The number of hydrogen-bond acceptors (Lipinski definition) is 6. The molecular formula is C9H16N2O7S. The molecule has 10 heteroatoms. The van der Waals surface area contributed by atoms with E-state index in [1.807, 2.05) is 0 Å². The van der Waals surface area contributed by atoms with Crippen molar-refractivity contribution < 1.29 is 33.0 Å². The van der Waals surface area contributed by atoms with E-state index >= 15 is 0 Å². The van der Waals surface area contributed by atoms with Crippen LogP contribution in [0.25, 0.3) is 0 Å². The Morgan fingerprint density at radius 2 is 2.00 bits per heavy atom. The molecule has 0 saturated carbocycles. The molecule has 0 bridgehead atoms. The van der Waals surface area contributed by atoms with Crippen molar-refractivity contribution in [1.29, 1.82) is 0 Å². The molecule has 2 atom stereocenters. The Hall–Kier alpha value is -1.39. The van der Waals surface area contributed by atoms with Gasteiger partial charge in [0, 0.05) is 13.0 Å². The maximum atomic E-state index is 11.8. The maximum absolute atomic E-state index is 11.8. The number of carbonyl (C=O) groups excluding carboxylic acids is 1. The number of nitrogens with one attached hydrogen (secondary N) is 1. The van der Waals surface area contributed by atoms with Gasteiger partial charge in [0.15, 0.2) is 0 Å². The zero-order valence-electron chi connectivity index (χ0n) is 10.4. The highest BCUT2D eigenvalue weighted by molar-refractivity contribution is 7.87. The fourth-order valence-corrected chi connectivity index (χ4v) is 2.93. The van der Waals surface area contributed by atoms with Crippen LogP contribution in [0.2, 0.25) is 0 Å². The summed E-state index contributed by atoms with van der Waals surface area (Å²) >= 11 is 0. The Bertz CT molecular complexity index is 461. The van der Waals surface area contributed by atoms with Crippen molar-refractivity contribution in [2.45, 2.75) is 38.5 Å². The number of carboxylic acid groups (broad SMARTS) is 1. The number of hydrogen-bond donors (Lipinski definition) is 3. The number of aliphatic hydroxyl groups is 1. The number of aliphatic hydroxyl groups excluding tert-OH is 1. The largest absolute Gasteiger partial charge is 0.480 e. The molecule has 0 aliphatic carbocycles. The van der Waals surface area contributed by atoms with Crippen molar-refractivity contribution >= 4 is 22.3 Å². The van der Waals surface area contributed by atoms with Crippen LogP contribution >= 0.6 is 0 Å². The minimum atomic E-state index is -4.36. The fourth-order valence-electron chi connectivity index (χ4n) is 1.68. The summed E-state index contributed by atoms with van der Waals surface area (Å²) in [6.07, 6.45) is -3.02. The van der Waals surface area contributed by atoms with Gasteiger partial charge in [-0.3, -0.25) is 4.79 Å². The lowest BCUT2D eigenvalue weighted by atomic mass is 10.2. The van der Waals surface area contributed by atoms with Crippen LogP contribution in [0.15, 0.2) is 0 Å². The van der Waals surface area contributed by atoms with E-state index < -0.39 is 40.5 Å². The molecule has 3 N–H and O–H groups in total. The molecule has 0 spiro atoms. The van der Waals surface area contributed by atoms with Crippen LogP contribution in [0.4, 0.5) is 4.79 Å². The average Bonchev–Trinajstić information content (AvgIpc) is 2.58. The van der Waals surface area contributed by atoms with E-state index in [1.165, 1.54) is 13.8 Å². The second-order valence-electron chi connectivity index (χ2n) is 4.37. The van der Waals surface area contributed by atoms with Crippen LogP contribution in [-0.4, -0.2) is 59.8 Å². The number of carboxylic acids is 1. The molecule has 1 amide bonds. The second kappa shape index (κ2) is 5.72. The minimum absolute atomic E-state index is 0.227. The van der Waals surface area contributed by atoms with Gasteiger partial charge in [0.05, 0.1) is 12.2 Å². The highest BCUT2D eigenvalue weighted by atomic mass is 32.2. The quantitative estimate of drug-likeness (QED) is 0.598. The van der Waals surface area contributed by atoms with E-state index in [0.29, 0.717) is 4.31 Å². The normalized spacial score (nSPS) is 24.4. The van der Waals surface area contributed by atoms with E-state index in [0.717, 1.165) is 0 Å². The molecule has 0 aromatic carbocycles. The predicted octanol–water partition coefficient (Wildman–Crippen LogP) is -1.11. The first kappa shape index (κ1) is 15.7. The summed E-state index contributed by atoms with van der Waals surface area (Å²) in [6.45, 7) is 2.68. The standard InChI is InChI=1S/C9H16N2O7S/c1-5(2)18-9(15)10-19(16,17)11-4-6(12)3-7(11)8(13)14/h5-7,12H,3-4H2,1-2H3,(H,10,15)(H,13,14)/t6-,7-/m1/s1. The number of ether oxygens (including phenoxy) is 1. The Kier molecular flexibility index (Phi) is 4.71. The van der Waals surface area contributed by atoms with Gasteiger partial charge >= 0.3 is 22.3 Å². The van der Waals surface area contributed by atoms with Crippen LogP contribution in [0.1, 0.15) is 20.3 Å². The second-order valence-corrected chi connectivity index (χ2v) is 6.00. The molecule has 1 aliphatic heterocycles. The third-order valence-corrected chi connectivity index (χ3v) is 3.83. The molecule has 1 rings (SSSR count). The molecule has 110 valence electrons. The van der Waals surface area contributed by atoms with Crippen molar-refractivity contribution in [2.24, 2.45) is 0 Å². The molecule has 1 heterocycles. The number of rotatable bonds is 4. The first-order valence-electron chi connectivity index (χ1n) is 5.54. The van der Waals surface area contributed by atoms with E-state index in [1.54, 1.807) is 4.72 Å². The molecule has 9 nitrogen and oxygen atoms in total. The molecule has 0 radical (unpaired) electrons. The number of carbonyl (C=O) groups is 2. The van der Waals surface area contributed by atoms with Crippen molar-refractivity contribution in [3.63, 3.8) is 0 Å². The zero-order valence-corrected chi connectivity index (χ0v) is 11.3. The van der Waals surface area contributed by atoms with E-state index in [2.05, 4.69) is 4.74 Å². The Morgan fingerprint density at radius 1 is 1.42 bits per heavy atom. The zero-order chi connectivity index (χ0) is 14.8. The lowest BCUT2D eigenvalue weighted by molar-refractivity contribution is -0.140. The molecule has 0 aromatic rings. The number of nitrogens with zero attached hydrogens (tertiary/aromatic N) is 1. The van der Waals surface area contributed by atoms with Crippen LogP contribution in [-0.2, 0) is 19.7 Å². The van der Waals surface area contributed by atoms with Crippen molar-refractivity contribution in [2.75, 3.05) is 6.54 Å². The molecular weight excluding hydrogens is 280 g/mol. The Labute approximate surface area is 110 Å². The number of amides is 1. The van der Waals surface area contributed by atoms with Gasteiger partial charge in [0.25, 0.3) is 0 Å². The van der Waals surface area contributed by atoms with E-state index in [9.17, 15) is 23.1 Å². The molecule has 19 heavy (non-hydrogen) atoms. The summed E-state index contributed by atoms with van der Waals surface area (Å²) in [7, 11) is -4.36. The van der Waals surface area contributed by atoms with E-state index in [4.69, 9.17) is 5.11 Å². The van der Waals surface area contributed by atoms with Gasteiger partial charge in [0.1, 0.15) is 6.04 Å². The third kappa shape index (κ3) is 4.04. The molecule has 1 fully saturated rings. The highest BCUT2D eigenvalue weighted by Gasteiger charge is 2.43. The van der Waals surface area contributed by atoms with Gasteiger partial charge in [-0.1, -0.05) is 0 Å². The molecule has 0 aromatic heterocycles. The van der Waals surface area contributed by atoms with Gasteiger partial charge < -0.3 is 14.9 Å². The predicted molar refractivity (Wildman–Crippen MR) is 62.4 cm³/mol. The first-order valence-corrected chi connectivity index (χ1v) is 6.98. The maximum Gasteiger partial charge on any atom is 0.422 e. The van der Waals surface area contributed by atoms with Gasteiger partial charge in [-0.15, -0.1) is 0 Å². The number of β-amino-alcohol motifs (C(OH)–C–C–N with tert-alkyl or cyclic N) is 1. The summed E-state index contributed by atoms with van der Waals surface area (Å²) < 4.78 is 30.4. The number of aliphatic carboxylic acids is 1. The van der Waals surface area contributed by atoms with Crippen LogP contribution in [0.5, 0.6) is 0 Å². The summed E-state index contributed by atoms with van der Waals surface area (Å²) in [6, 6.07) is -1.40. The summed E-state index contributed by atoms with van der Waals surface area (Å²) in [5.74, 6) is -1.39. The third-order valence-electron chi connectivity index (χ3n) is 2.38. The van der Waals surface area contributed by atoms with Gasteiger partial charge in [-0.2, -0.15) is 12.7 Å². The summed E-state index contributed by atoms with van der Waals surface area (Å²) in [4.78, 5) is 22.1. The Morgan fingerprint density at radius 3 is 2.47 bits per heavy atom. The SMILES string of the molecule is CC(C)OC(=O)NS(=O)(=O)N1C[C@H](O)C[C@@H]1C(=O)O. The van der Waals surface area contributed by atoms with Crippen molar-refractivity contribution in [1.82, 2.24) is 9.03 Å². The fraction of sp³-hybridized carbons (Fsp3) is 0.778. The lowest BCUT2D eigenvalue weighted by Crippen LogP contribution is -2.48. The van der Waals surface area contributed by atoms with Crippen LogP contribution in [0.3, 0.4) is 0 Å². The van der Waals surface area contributed by atoms with Gasteiger partial charge in [-0.05, 0) is 13.8 Å². The minimum Gasteiger partial charge on any atom is -0.480 e. The summed E-state index contributed by atoms with van der Waals surface area (Å²) in [5.41, 5.74) is 0. The highest BCUT2D eigenvalue weighted by Crippen LogP contribution is 2.21. The first-order chi connectivity index (χ1) is 8.63. The van der Waals surface area contributed by atoms with Crippen molar-refractivity contribution in [3.05, 3.63) is 0 Å². The van der Waals surface area contributed by atoms with E-state index in [-0.39, 0.29) is 13.0 Å². The van der Waals surface area contributed by atoms with Crippen LogP contribution in [0, 0.1) is 0 Å². The van der Waals surface area contributed by atoms with Gasteiger partial charge in [0.2, 0.25) is 0 Å². The van der Waals surface area contributed by atoms with Crippen molar-refractivity contribution in [3.8, 4) is 0 Å². The molecule has 1 saturated heterocycles. The molecule has 0 unspecified atom stereocenters. The Balaban J connectivity index is 2.81. The average molecular weight is 296 g/mol. The monoisotopic (exact) mass is 296 g/mol. The lowest BCUT2D eigenvalue weighted by Gasteiger charge is -2.20. The smallest absolute Gasteiger partial charge is 0.422 e. The van der Waals surface area contributed by atoms with Gasteiger partial charge in [-0.25, -0.2) is 9.52 Å². The van der Waals surface area contributed by atoms with Crippen LogP contribution < -0.4 is 4.72 Å². The molecule has 1 aliphatic rings.